The van der Waals surface area contributed by atoms with Crippen LogP contribution in [0.5, 0.6) is 5.88 Å². The highest BCUT2D eigenvalue weighted by atomic mass is 35.5. The fraction of sp³-hybridized carbons (Fsp3) is 0.562. The van der Waals surface area contributed by atoms with E-state index in [1.807, 2.05) is 18.6 Å². The predicted octanol–water partition coefficient (Wildman–Crippen LogP) is 5.22. The SMILES string of the molecule is CC1(C)CC(CC(F)(F)CNc2cccc(S(=O)(=O)NC(=O)c3ccc(-n4ccc(OCCC5C6(CC6)C56CC6)n4)nc3Cl)n2)CN1. The van der Waals surface area contributed by atoms with E-state index in [-0.39, 0.29) is 34.4 Å². The zero-order valence-electron chi connectivity index (χ0n) is 26.2. The van der Waals surface area contributed by atoms with Crippen LogP contribution in [0.15, 0.2) is 47.6 Å². The Morgan fingerprint density at radius 3 is 2.53 bits per heavy atom. The molecule has 3 aromatic rings. The van der Waals surface area contributed by atoms with Crippen molar-refractivity contribution in [1.82, 2.24) is 29.8 Å². The van der Waals surface area contributed by atoms with Crippen LogP contribution in [0.25, 0.3) is 5.82 Å². The minimum Gasteiger partial charge on any atom is -0.477 e. The Hall–Kier alpha value is -3.36. The topological polar surface area (TPSA) is 140 Å². The first-order chi connectivity index (χ1) is 22.2. The molecular formula is C32H38ClF2N7O4S. The van der Waals surface area contributed by atoms with Gasteiger partial charge in [-0.05, 0) is 106 Å². The largest absolute Gasteiger partial charge is 0.477 e. The lowest BCUT2D eigenvalue weighted by Gasteiger charge is -2.22. The van der Waals surface area contributed by atoms with E-state index < -0.39 is 33.4 Å². The fourth-order valence-electron chi connectivity index (χ4n) is 7.91. The van der Waals surface area contributed by atoms with Crippen LogP contribution in [0.1, 0.15) is 69.2 Å². The van der Waals surface area contributed by atoms with E-state index in [2.05, 4.69) is 25.7 Å². The van der Waals surface area contributed by atoms with Gasteiger partial charge in [-0.15, -0.1) is 5.10 Å². The Balaban J connectivity index is 0.930. The van der Waals surface area contributed by atoms with Gasteiger partial charge < -0.3 is 15.4 Å². The van der Waals surface area contributed by atoms with E-state index >= 15 is 0 Å². The maximum Gasteiger partial charge on any atom is 0.281 e. The zero-order chi connectivity index (χ0) is 33.2. The van der Waals surface area contributed by atoms with Crippen molar-refractivity contribution in [2.45, 2.75) is 75.3 Å². The second-order valence-electron chi connectivity index (χ2n) is 14.2. The van der Waals surface area contributed by atoms with Crippen LogP contribution in [0.3, 0.4) is 0 Å². The van der Waals surface area contributed by atoms with Gasteiger partial charge in [0.25, 0.3) is 21.9 Å². The highest BCUT2D eigenvalue weighted by Crippen LogP contribution is 2.93. The Kier molecular flexibility index (Phi) is 7.79. The zero-order valence-corrected chi connectivity index (χ0v) is 27.8. The van der Waals surface area contributed by atoms with E-state index in [1.165, 1.54) is 54.6 Å². The van der Waals surface area contributed by atoms with Crippen molar-refractivity contribution in [3.63, 3.8) is 0 Å². The van der Waals surface area contributed by atoms with Crippen LogP contribution in [0.2, 0.25) is 5.15 Å². The molecule has 4 fully saturated rings. The molecule has 4 aliphatic rings. The number of anilines is 1. The van der Waals surface area contributed by atoms with Crippen molar-refractivity contribution < 1.29 is 26.7 Å². The molecule has 3 saturated carbocycles. The highest BCUT2D eigenvalue weighted by molar-refractivity contribution is 7.90. The molecule has 1 aliphatic heterocycles. The number of nitrogens with one attached hydrogen (secondary N) is 3. The van der Waals surface area contributed by atoms with Crippen LogP contribution in [0, 0.1) is 22.7 Å². The molecule has 0 radical (unpaired) electrons. The molecule has 11 nitrogen and oxygen atoms in total. The molecule has 3 aromatic heterocycles. The molecule has 1 saturated heterocycles. The molecule has 3 N–H and O–H groups in total. The summed E-state index contributed by atoms with van der Waals surface area (Å²) in [4.78, 5) is 21.1. The third kappa shape index (κ3) is 6.43. The van der Waals surface area contributed by atoms with Crippen LogP contribution >= 0.6 is 11.6 Å². The number of nitrogens with zero attached hydrogens (tertiary/aromatic N) is 4. The number of carbonyl (C=O) groups is 1. The van der Waals surface area contributed by atoms with Gasteiger partial charge in [0.05, 0.1) is 18.7 Å². The molecular weight excluding hydrogens is 652 g/mol. The van der Waals surface area contributed by atoms with E-state index in [0.29, 0.717) is 42.1 Å². The summed E-state index contributed by atoms with van der Waals surface area (Å²) in [5.74, 6) is -2.76. The molecule has 1 unspecified atom stereocenters. The molecule has 47 heavy (non-hydrogen) atoms. The Bertz CT molecular complexity index is 1790. The molecule has 2 spiro atoms. The number of fused-ring (bicyclic) bond motifs is 1. The third-order valence-corrected chi connectivity index (χ3v) is 11.9. The van der Waals surface area contributed by atoms with E-state index in [4.69, 9.17) is 16.3 Å². The van der Waals surface area contributed by atoms with Gasteiger partial charge in [0, 0.05) is 24.2 Å². The average Bonchev–Trinajstić information content (AvgIpc) is 3.96. The number of alkyl halides is 2. The summed E-state index contributed by atoms with van der Waals surface area (Å²) in [7, 11) is -4.48. The lowest BCUT2D eigenvalue weighted by molar-refractivity contribution is -0.00781. The molecule has 15 heteroatoms. The molecule has 1 atom stereocenters. The number of rotatable bonds is 13. The molecule has 7 rings (SSSR count). The molecule has 0 bridgehead atoms. The van der Waals surface area contributed by atoms with Gasteiger partial charge in [0.1, 0.15) is 11.0 Å². The van der Waals surface area contributed by atoms with Crippen molar-refractivity contribution >= 4 is 33.3 Å². The lowest BCUT2D eigenvalue weighted by atomic mass is 9.92. The summed E-state index contributed by atoms with van der Waals surface area (Å²) >= 11 is 6.29. The second-order valence-corrected chi connectivity index (χ2v) is 16.1. The standard InChI is InChI=1S/C32H38ClF2N7O4S/c1-29(2)16-20(18-37-29)17-32(34,35)19-36-23-4-3-5-26(38-23)47(44,45)41-28(43)21-6-7-24(39-27(21)33)42-14-8-25(40-42)46-15-9-22-30(10-11-30)31(22)12-13-31/h3-8,14,20,22,37H,9-13,15-19H2,1-2H3,(H,36,38)(H,41,43). The van der Waals surface area contributed by atoms with Crippen molar-refractivity contribution in [3.05, 3.63) is 53.3 Å². The molecule has 0 aromatic carbocycles. The number of pyridine rings is 2. The Morgan fingerprint density at radius 2 is 1.87 bits per heavy atom. The van der Waals surface area contributed by atoms with Gasteiger partial charge in [-0.3, -0.25) is 4.79 Å². The van der Waals surface area contributed by atoms with Gasteiger partial charge in [0.2, 0.25) is 5.88 Å². The summed E-state index contributed by atoms with van der Waals surface area (Å²) in [6, 6.07) is 8.42. The van der Waals surface area contributed by atoms with E-state index in [9.17, 15) is 22.0 Å². The number of aromatic nitrogens is 4. The Morgan fingerprint density at radius 1 is 1.13 bits per heavy atom. The number of ether oxygens (including phenoxy) is 1. The summed E-state index contributed by atoms with van der Waals surface area (Å²) < 4.78 is 64.7. The Labute approximate surface area is 277 Å². The lowest BCUT2D eigenvalue weighted by Crippen LogP contribution is -2.32. The predicted molar refractivity (Wildman–Crippen MR) is 170 cm³/mol. The average molecular weight is 690 g/mol. The number of carbonyl (C=O) groups excluding carboxylic acids is 1. The van der Waals surface area contributed by atoms with Crippen molar-refractivity contribution in [1.29, 1.82) is 0 Å². The number of hydrogen-bond acceptors (Lipinski definition) is 9. The van der Waals surface area contributed by atoms with Gasteiger partial charge in [-0.2, -0.15) is 8.42 Å². The van der Waals surface area contributed by atoms with E-state index in [1.54, 1.807) is 12.3 Å². The molecule has 3 aliphatic carbocycles. The summed E-state index contributed by atoms with van der Waals surface area (Å²) in [6.07, 6.45) is 8.47. The van der Waals surface area contributed by atoms with Crippen LogP contribution in [-0.4, -0.2) is 65.2 Å². The molecule has 1 amide bonds. The van der Waals surface area contributed by atoms with Crippen LogP contribution in [-0.2, 0) is 10.0 Å². The molecule has 4 heterocycles. The molecule has 252 valence electrons. The number of sulfonamides is 1. The van der Waals surface area contributed by atoms with E-state index in [0.717, 1.165) is 18.4 Å². The van der Waals surface area contributed by atoms with Gasteiger partial charge >= 0.3 is 0 Å². The second kappa shape index (κ2) is 11.4. The summed E-state index contributed by atoms with van der Waals surface area (Å²) in [5.41, 5.74) is 0.894. The van der Waals surface area contributed by atoms with Crippen molar-refractivity contribution in [3.8, 4) is 11.7 Å². The minimum atomic E-state index is -4.48. The maximum absolute atomic E-state index is 14.7. The number of hydrogen-bond donors (Lipinski definition) is 3. The van der Waals surface area contributed by atoms with Crippen LogP contribution in [0.4, 0.5) is 14.6 Å². The fourth-order valence-corrected chi connectivity index (χ4v) is 9.08. The smallest absolute Gasteiger partial charge is 0.281 e. The number of halogens is 3. The maximum atomic E-state index is 14.7. The van der Waals surface area contributed by atoms with Crippen LogP contribution < -0.4 is 20.1 Å². The first kappa shape index (κ1) is 32.2. The number of amides is 1. The third-order valence-electron chi connectivity index (χ3n) is 10.4. The first-order valence-electron chi connectivity index (χ1n) is 16.0. The summed E-state index contributed by atoms with van der Waals surface area (Å²) in [5, 5.41) is 9.41. The quantitative estimate of drug-likeness (QED) is 0.206. The van der Waals surface area contributed by atoms with Gasteiger partial charge in [-0.25, -0.2) is 28.2 Å². The highest BCUT2D eigenvalue weighted by Gasteiger charge is 2.85. The summed E-state index contributed by atoms with van der Waals surface area (Å²) in [6.45, 7) is 4.35. The normalized spacial score (nSPS) is 21.9. The van der Waals surface area contributed by atoms with Crippen molar-refractivity contribution in [2.75, 3.05) is 25.0 Å². The van der Waals surface area contributed by atoms with Gasteiger partial charge in [-0.1, -0.05) is 17.7 Å². The van der Waals surface area contributed by atoms with Gasteiger partial charge in [0.15, 0.2) is 10.8 Å². The first-order valence-corrected chi connectivity index (χ1v) is 17.8. The van der Waals surface area contributed by atoms with Crippen molar-refractivity contribution in [2.24, 2.45) is 22.7 Å². The minimum absolute atomic E-state index is 0.0669. The monoisotopic (exact) mass is 689 g/mol.